The molecule has 5 rings (SSSR count). The molecule has 2 aromatic carbocycles. The smallest absolute Gasteiger partial charge is 0.291 e. The highest BCUT2D eigenvalue weighted by molar-refractivity contribution is 7.99. The zero-order valence-corrected chi connectivity index (χ0v) is 16.8. The lowest BCUT2D eigenvalue weighted by atomic mass is 10.1. The number of hydrogen-bond acceptors (Lipinski definition) is 5. The quantitative estimate of drug-likeness (QED) is 0.486. The predicted molar refractivity (Wildman–Crippen MR) is 115 cm³/mol. The van der Waals surface area contributed by atoms with Crippen LogP contribution in [-0.4, -0.2) is 24.5 Å². The van der Waals surface area contributed by atoms with E-state index in [4.69, 9.17) is 5.26 Å². The first-order valence-electron chi connectivity index (χ1n) is 9.29. The molecule has 146 valence electrons. The molecule has 1 N–H and O–H groups in total. The molecule has 0 fully saturated rings. The lowest BCUT2D eigenvalue weighted by Gasteiger charge is -2.06. The summed E-state index contributed by atoms with van der Waals surface area (Å²) in [7, 11) is 1.90. The largest absolute Gasteiger partial charge is 0.339 e. The minimum absolute atomic E-state index is 0.157. The predicted octanol–water partition coefficient (Wildman–Crippen LogP) is 3.68. The molecule has 8 heteroatoms. The molecule has 0 aliphatic carbocycles. The van der Waals surface area contributed by atoms with Crippen LogP contribution >= 0.6 is 11.8 Å². The summed E-state index contributed by atoms with van der Waals surface area (Å²) >= 11 is 1.56. The van der Waals surface area contributed by atoms with E-state index in [9.17, 15) is 4.79 Å². The van der Waals surface area contributed by atoms with Crippen molar-refractivity contribution in [3.63, 3.8) is 0 Å². The highest BCUT2D eigenvalue weighted by atomic mass is 32.2. The van der Waals surface area contributed by atoms with Gasteiger partial charge in [-0.25, -0.2) is 4.68 Å². The van der Waals surface area contributed by atoms with Crippen LogP contribution in [0.5, 0.6) is 0 Å². The Labute approximate surface area is 175 Å². The first-order valence-corrected chi connectivity index (χ1v) is 10.1. The lowest BCUT2D eigenvalue weighted by molar-refractivity contribution is 0.644. The Balaban J connectivity index is 1.60. The Kier molecular flexibility index (Phi) is 4.38. The van der Waals surface area contributed by atoms with E-state index in [0.29, 0.717) is 17.6 Å². The molecular formula is C22H16N6OS. The summed E-state index contributed by atoms with van der Waals surface area (Å²) in [6.45, 7) is 0.312. The van der Waals surface area contributed by atoms with Gasteiger partial charge in [0, 0.05) is 34.4 Å². The van der Waals surface area contributed by atoms with Gasteiger partial charge in [-0.15, -0.1) is 0 Å². The minimum atomic E-state index is -0.157. The fourth-order valence-electron chi connectivity index (χ4n) is 3.66. The van der Waals surface area contributed by atoms with Crippen molar-refractivity contribution < 1.29 is 0 Å². The standard InChI is InChI=1S/C22H16N6OS/c1-27-19-6-5-16(30-20-7-8-24-26-20)10-17(19)18-12-25-28(22(29)21(18)27)13-15-4-2-3-14(9-15)11-23/h2-10,12H,13H2,1H3,(H,24,26). The van der Waals surface area contributed by atoms with Crippen LogP contribution in [-0.2, 0) is 13.6 Å². The van der Waals surface area contributed by atoms with Gasteiger partial charge in [-0.1, -0.05) is 23.9 Å². The number of benzene rings is 2. The summed E-state index contributed by atoms with van der Waals surface area (Å²) in [5, 5.41) is 23.2. The van der Waals surface area contributed by atoms with Crippen LogP contribution in [0.4, 0.5) is 0 Å². The van der Waals surface area contributed by atoms with Crippen molar-refractivity contribution in [1.82, 2.24) is 24.5 Å². The number of nitrogens with zero attached hydrogens (tertiary/aromatic N) is 5. The Morgan fingerprint density at radius 2 is 2.07 bits per heavy atom. The van der Waals surface area contributed by atoms with Crippen molar-refractivity contribution >= 4 is 33.6 Å². The molecule has 0 amide bonds. The van der Waals surface area contributed by atoms with Gasteiger partial charge >= 0.3 is 0 Å². The highest BCUT2D eigenvalue weighted by Crippen LogP contribution is 2.32. The summed E-state index contributed by atoms with van der Waals surface area (Å²) in [6, 6.07) is 17.4. The van der Waals surface area contributed by atoms with Crippen LogP contribution in [0, 0.1) is 11.3 Å². The number of fused-ring (bicyclic) bond motifs is 3. The molecule has 0 radical (unpaired) electrons. The second-order valence-electron chi connectivity index (χ2n) is 6.93. The van der Waals surface area contributed by atoms with Crippen molar-refractivity contribution in [2.45, 2.75) is 16.5 Å². The topological polar surface area (TPSA) is 92.3 Å². The number of hydrogen-bond donors (Lipinski definition) is 1. The van der Waals surface area contributed by atoms with Gasteiger partial charge in [-0.2, -0.15) is 15.5 Å². The molecule has 30 heavy (non-hydrogen) atoms. The minimum Gasteiger partial charge on any atom is -0.339 e. The van der Waals surface area contributed by atoms with Crippen LogP contribution in [0.15, 0.2) is 75.6 Å². The molecule has 0 saturated carbocycles. The maximum Gasteiger partial charge on any atom is 0.291 e. The third-order valence-corrected chi connectivity index (χ3v) is 5.99. The molecular weight excluding hydrogens is 396 g/mol. The van der Waals surface area contributed by atoms with Crippen molar-refractivity contribution in [1.29, 1.82) is 5.26 Å². The van der Waals surface area contributed by atoms with Crippen molar-refractivity contribution in [3.05, 3.63) is 82.4 Å². The van der Waals surface area contributed by atoms with E-state index in [0.717, 1.165) is 31.8 Å². The number of aryl methyl sites for hydroxylation is 1. The molecule has 0 bridgehead atoms. The number of H-pyrrole nitrogens is 1. The van der Waals surface area contributed by atoms with E-state index in [-0.39, 0.29) is 5.56 Å². The third kappa shape index (κ3) is 3.06. The van der Waals surface area contributed by atoms with Gasteiger partial charge in [0.25, 0.3) is 5.56 Å². The average molecular weight is 412 g/mol. The van der Waals surface area contributed by atoms with E-state index < -0.39 is 0 Å². The number of aromatic nitrogens is 5. The van der Waals surface area contributed by atoms with Gasteiger partial charge < -0.3 is 4.57 Å². The van der Waals surface area contributed by atoms with Crippen LogP contribution in [0.25, 0.3) is 21.8 Å². The molecule has 3 heterocycles. The second kappa shape index (κ2) is 7.21. The van der Waals surface area contributed by atoms with Gasteiger partial charge in [0.15, 0.2) is 0 Å². The Morgan fingerprint density at radius 1 is 1.17 bits per heavy atom. The molecule has 0 aliphatic rings. The number of nitriles is 1. The maximum atomic E-state index is 13.2. The molecule has 0 atom stereocenters. The SMILES string of the molecule is Cn1c2ccc(Sc3cc[nH]n3)cc2c2cnn(Cc3cccc(C#N)c3)c(=O)c21. The second-order valence-corrected chi connectivity index (χ2v) is 8.03. The van der Waals surface area contributed by atoms with E-state index >= 15 is 0 Å². The monoisotopic (exact) mass is 412 g/mol. The van der Waals surface area contributed by atoms with E-state index in [1.165, 1.54) is 4.68 Å². The first kappa shape index (κ1) is 18.2. The van der Waals surface area contributed by atoms with E-state index in [1.54, 1.807) is 36.3 Å². The van der Waals surface area contributed by atoms with Gasteiger partial charge in [0.05, 0.1) is 24.4 Å². The Morgan fingerprint density at radius 3 is 2.87 bits per heavy atom. The molecule has 0 aliphatic heterocycles. The summed E-state index contributed by atoms with van der Waals surface area (Å²) in [5.74, 6) is 0. The molecule has 5 aromatic rings. The zero-order chi connectivity index (χ0) is 20.7. The van der Waals surface area contributed by atoms with Crippen LogP contribution in [0.3, 0.4) is 0 Å². The van der Waals surface area contributed by atoms with E-state index in [1.807, 2.05) is 41.9 Å². The highest BCUT2D eigenvalue weighted by Gasteiger charge is 2.15. The van der Waals surface area contributed by atoms with Crippen molar-refractivity contribution in [2.75, 3.05) is 0 Å². The Bertz CT molecular complexity index is 1490. The zero-order valence-electron chi connectivity index (χ0n) is 16.0. The fraction of sp³-hybridized carbons (Fsp3) is 0.0909. The van der Waals surface area contributed by atoms with Crippen LogP contribution < -0.4 is 5.56 Å². The van der Waals surface area contributed by atoms with E-state index in [2.05, 4.69) is 27.4 Å². The van der Waals surface area contributed by atoms with Crippen molar-refractivity contribution in [3.8, 4) is 6.07 Å². The van der Waals surface area contributed by atoms with Gasteiger partial charge in [0.2, 0.25) is 0 Å². The molecule has 0 unspecified atom stereocenters. The fourth-order valence-corrected chi connectivity index (χ4v) is 4.44. The molecule has 0 spiro atoms. The first-order chi connectivity index (χ1) is 14.6. The average Bonchev–Trinajstić information content (AvgIpc) is 3.37. The number of aromatic amines is 1. The van der Waals surface area contributed by atoms with Crippen molar-refractivity contribution in [2.24, 2.45) is 7.05 Å². The van der Waals surface area contributed by atoms with Gasteiger partial charge in [0.1, 0.15) is 10.5 Å². The maximum absolute atomic E-state index is 13.2. The summed E-state index contributed by atoms with van der Waals surface area (Å²) in [5.41, 5.74) is 2.85. The van der Waals surface area contributed by atoms with Crippen LogP contribution in [0.1, 0.15) is 11.1 Å². The van der Waals surface area contributed by atoms with Gasteiger partial charge in [-0.3, -0.25) is 9.89 Å². The van der Waals surface area contributed by atoms with Crippen LogP contribution in [0.2, 0.25) is 0 Å². The number of rotatable bonds is 4. The summed E-state index contributed by atoms with van der Waals surface area (Å²) in [4.78, 5) is 14.3. The molecule has 3 aromatic heterocycles. The molecule has 0 saturated heterocycles. The third-order valence-electron chi connectivity index (χ3n) is 5.06. The number of nitrogens with one attached hydrogen (secondary N) is 1. The Hall–Kier alpha value is -3.83. The normalized spacial score (nSPS) is 11.2. The lowest BCUT2D eigenvalue weighted by Crippen LogP contribution is -2.24. The molecule has 7 nitrogen and oxygen atoms in total. The summed E-state index contributed by atoms with van der Waals surface area (Å²) in [6.07, 6.45) is 3.54. The summed E-state index contributed by atoms with van der Waals surface area (Å²) < 4.78 is 3.36. The van der Waals surface area contributed by atoms with Gasteiger partial charge in [-0.05, 0) is 42.0 Å².